The van der Waals surface area contributed by atoms with Gasteiger partial charge in [0.25, 0.3) is 10.0 Å². The average Bonchev–Trinajstić information content (AvgIpc) is 2.92. The van der Waals surface area contributed by atoms with Gasteiger partial charge < -0.3 is 4.57 Å². The Balaban J connectivity index is 2.25. The first-order valence-corrected chi connectivity index (χ1v) is 10.5. The van der Waals surface area contributed by atoms with Crippen LogP contribution >= 0.6 is 23.1 Å². The fourth-order valence-corrected chi connectivity index (χ4v) is 5.05. The monoisotopic (exact) mass is 374 g/mol. The number of rotatable bonds is 4. The summed E-state index contributed by atoms with van der Waals surface area (Å²) in [6.45, 7) is 0.266. The van der Waals surface area contributed by atoms with Gasteiger partial charge in [-0.3, -0.25) is 0 Å². The molecule has 0 amide bonds. The Morgan fingerprint density at radius 3 is 2.67 bits per heavy atom. The number of nitrogens with zero attached hydrogens (tertiary/aromatic N) is 2. The second-order valence-corrected chi connectivity index (χ2v) is 8.38. The maximum Gasteiger partial charge on any atom is 0.285 e. The summed E-state index contributed by atoms with van der Waals surface area (Å²) in [6, 6.07) is 14.1. The molecule has 0 unspecified atom stereocenters. The fourth-order valence-electron chi connectivity index (χ4n) is 2.24. The highest BCUT2D eigenvalue weighted by Gasteiger charge is 2.14. The van der Waals surface area contributed by atoms with Crippen molar-refractivity contribution in [3.05, 3.63) is 53.3 Å². The smallest absolute Gasteiger partial charge is 0.285 e. The summed E-state index contributed by atoms with van der Waals surface area (Å²) in [5.74, 6) is 2.57. The van der Waals surface area contributed by atoms with Crippen LogP contribution in [0.4, 0.5) is 0 Å². The van der Waals surface area contributed by atoms with Crippen LogP contribution in [0, 0.1) is 12.3 Å². The van der Waals surface area contributed by atoms with Gasteiger partial charge in [-0.25, -0.2) is 0 Å². The van der Waals surface area contributed by atoms with E-state index in [2.05, 4.69) is 10.3 Å². The third-order valence-electron chi connectivity index (χ3n) is 3.38. The fraction of sp³-hybridized carbons (Fsp3) is 0.118. The Hall–Kier alpha value is -2.01. The minimum Gasteiger partial charge on any atom is -0.304 e. The van der Waals surface area contributed by atoms with Gasteiger partial charge in [-0.1, -0.05) is 35.5 Å². The van der Waals surface area contributed by atoms with Crippen molar-refractivity contribution < 1.29 is 8.42 Å². The largest absolute Gasteiger partial charge is 0.304 e. The molecule has 4 nitrogen and oxygen atoms in total. The predicted octanol–water partition coefficient (Wildman–Crippen LogP) is 3.35. The zero-order chi connectivity index (χ0) is 17.2. The van der Waals surface area contributed by atoms with Crippen molar-refractivity contribution in [2.75, 3.05) is 6.26 Å². The minimum absolute atomic E-state index is 0.166. The number of thioether (sulfide) groups is 1. The van der Waals surface area contributed by atoms with Crippen LogP contribution in [0.1, 0.15) is 0 Å². The Kier molecular flexibility index (Phi) is 4.81. The van der Waals surface area contributed by atoms with Crippen LogP contribution in [0.3, 0.4) is 0 Å². The highest BCUT2D eigenvalue weighted by atomic mass is 32.2. The molecule has 0 bridgehead atoms. The van der Waals surface area contributed by atoms with E-state index in [1.165, 1.54) is 23.5 Å². The van der Waals surface area contributed by atoms with Crippen molar-refractivity contribution in [1.82, 2.24) is 4.57 Å². The third-order valence-corrected chi connectivity index (χ3v) is 6.54. The van der Waals surface area contributed by atoms with Gasteiger partial charge in [0.2, 0.25) is 4.80 Å². The summed E-state index contributed by atoms with van der Waals surface area (Å²) in [5, 5.41) is 0. The number of benzene rings is 2. The molecule has 122 valence electrons. The molecular formula is C17H14N2O2S3. The van der Waals surface area contributed by atoms with Crippen molar-refractivity contribution in [3.63, 3.8) is 0 Å². The van der Waals surface area contributed by atoms with E-state index in [1.807, 2.05) is 24.5 Å². The molecule has 3 rings (SSSR count). The van der Waals surface area contributed by atoms with Crippen LogP contribution in [0.25, 0.3) is 10.2 Å². The van der Waals surface area contributed by atoms with Gasteiger partial charge in [0.05, 0.1) is 21.7 Å². The van der Waals surface area contributed by atoms with Gasteiger partial charge in [-0.15, -0.1) is 22.6 Å². The Bertz CT molecular complexity index is 1090. The van der Waals surface area contributed by atoms with Crippen LogP contribution < -0.4 is 4.80 Å². The van der Waals surface area contributed by atoms with Gasteiger partial charge in [-0.05, 0) is 36.6 Å². The topological polar surface area (TPSA) is 51.4 Å². The van der Waals surface area contributed by atoms with Crippen molar-refractivity contribution in [1.29, 1.82) is 0 Å². The van der Waals surface area contributed by atoms with E-state index in [1.54, 1.807) is 34.5 Å². The summed E-state index contributed by atoms with van der Waals surface area (Å²) in [6.07, 6.45) is 7.44. The molecule has 1 heterocycles. The second kappa shape index (κ2) is 6.85. The lowest BCUT2D eigenvalue weighted by molar-refractivity contribution is 0.596. The van der Waals surface area contributed by atoms with Gasteiger partial charge >= 0.3 is 0 Å². The number of terminal acetylenes is 1. The van der Waals surface area contributed by atoms with Crippen LogP contribution in [0.15, 0.2) is 62.7 Å². The number of thiazole rings is 1. The Labute approximate surface area is 148 Å². The molecular weight excluding hydrogens is 360 g/mol. The summed E-state index contributed by atoms with van der Waals surface area (Å²) >= 11 is 2.95. The van der Waals surface area contributed by atoms with E-state index in [0.717, 1.165) is 15.1 Å². The molecule has 0 radical (unpaired) electrons. The lowest BCUT2D eigenvalue weighted by Gasteiger charge is -2.01. The first-order valence-electron chi connectivity index (χ1n) is 7.02. The van der Waals surface area contributed by atoms with E-state index < -0.39 is 10.0 Å². The standard InChI is InChI=1S/C17H14N2O2S3/c1-3-11-19-15-10-9-13(22-2)12-16(15)23-17(19)18-24(20,21)14-7-5-4-6-8-14/h1,4-10,12H,11H2,2H3. The van der Waals surface area contributed by atoms with Crippen molar-refractivity contribution in [3.8, 4) is 12.3 Å². The highest BCUT2D eigenvalue weighted by molar-refractivity contribution is 7.98. The normalized spacial score (nSPS) is 12.4. The molecule has 7 heteroatoms. The lowest BCUT2D eigenvalue weighted by Crippen LogP contribution is -2.16. The number of sulfonamides is 1. The SMILES string of the molecule is C#CCn1c(=NS(=O)(=O)c2ccccc2)sc2cc(SC)ccc21. The molecule has 2 aromatic carbocycles. The number of hydrogen-bond donors (Lipinski definition) is 0. The van der Waals surface area contributed by atoms with Gasteiger partial charge in [0, 0.05) is 4.90 Å². The molecule has 0 spiro atoms. The van der Waals surface area contributed by atoms with Crippen LogP contribution in [-0.4, -0.2) is 19.2 Å². The molecule has 24 heavy (non-hydrogen) atoms. The first kappa shape index (κ1) is 16.8. The lowest BCUT2D eigenvalue weighted by atomic mass is 10.3. The van der Waals surface area contributed by atoms with Gasteiger partial charge in [0.1, 0.15) is 0 Å². The van der Waals surface area contributed by atoms with Crippen molar-refractivity contribution >= 4 is 43.3 Å². The highest BCUT2D eigenvalue weighted by Crippen LogP contribution is 2.24. The van der Waals surface area contributed by atoms with E-state index in [4.69, 9.17) is 6.42 Å². The molecule has 0 saturated heterocycles. The maximum absolute atomic E-state index is 12.5. The quantitative estimate of drug-likeness (QED) is 0.520. The van der Waals surface area contributed by atoms with E-state index >= 15 is 0 Å². The maximum atomic E-state index is 12.5. The molecule has 0 fully saturated rings. The summed E-state index contributed by atoms with van der Waals surface area (Å²) in [7, 11) is -3.78. The number of aromatic nitrogens is 1. The van der Waals surface area contributed by atoms with Crippen molar-refractivity contribution in [2.45, 2.75) is 16.3 Å². The van der Waals surface area contributed by atoms with Crippen LogP contribution in [-0.2, 0) is 16.6 Å². The molecule has 1 aromatic heterocycles. The summed E-state index contributed by atoms with van der Waals surface area (Å²) in [5.41, 5.74) is 0.887. The van der Waals surface area contributed by atoms with Crippen molar-refractivity contribution in [2.24, 2.45) is 4.40 Å². The minimum atomic E-state index is -3.78. The van der Waals surface area contributed by atoms with E-state index in [-0.39, 0.29) is 11.4 Å². The van der Waals surface area contributed by atoms with Crippen LogP contribution in [0.2, 0.25) is 0 Å². The molecule has 0 saturated carbocycles. The molecule has 0 aliphatic heterocycles. The van der Waals surface area contributed by atoms with E-state index in [9.17, 15) is 8.42 Å². The Morgan fingerprint density at radius 1 is 1.25 bits per heavy atom. The molecule has 3 aromatic rings. The zero-order valence-electron chi connectivity index (χ0n) is 12.8. The molecule has 0 atom stereocenters. The average molecular weight is 375 g/mol. The van der Waals surface area contributed by atoms with Gasteiger partial charge in [0.15, 0.2) is 0 Å². The molecule has 0 aliphatic rings. The second-order valence-electron chi connectivity index (χ2n) is 4.89. The Morgan fingerprint density at radius 2 is 2.00 bits per heavy atom. The van der Waals surface area contributed by atoms with E-state index in [0.29, 0.717) is 4.80 Å². The summed E-state index contributed by atoms with van der Waals surface area (Å²) < 4.78 is 31.8. The number of fused-ring (bicyclic) bond motifs is 1. The third kappa shape index (κ3) is 3.26. The van der Waals surface area contributed by atoms with Crippen LogP contribution in [0.5, 0.6) is 0 Å². The number of hydrogen-bond acceptors (Lipinski definition) is 4. The van der Waals surface area contributed by atoms with Gasteiger partial charge in [-0.2, -0.15) is 8.42 Å². The first-order chi connectivity index (χ1) is 11.5. The molecule has 0 aliphatic carbocycles. The zero-order valence-corrected chi connectivity index (χ0v) is 15.3. The molecule has 0 N–H and O–H groups in total. The predicted molar refractivity (Wildman–Crippen MR) is 99.6 cm³/mol. The summed E-state index contributed by atoms with van der Waals surface area (Å²) in [4.78, 5) is 1.65.